The second-order valence-electron chi connectivity index (χ2n) is 9.01. The van der Waals surface area contributed by atoms with Crippen molar-refractivity contribution < 1.29 is 9.59 Å². The van der Waals surface area contributed by atoms with Crippen LogP contribution in [0, 0.1) is 0 Å². The number of hydrogen-bond acceptors (Lipinski definition) is 2. The number of benzene rings is 3. The van der Waals surface area contributed by atoms with Crippen LogP contribution in [0.5, 0.6) is 0 Å². The van der Waals surface area contributed by atoms with Gasteiger partial charge < -0.3 is 10.2 Å². The third-order valence-electron chi connectivity index (χ3n) is 6.44. The third kappa shape index (κ3) is 6.71. The van der Waals surface area contributed by atoms with Crippen molar-refractivity contribution in [3.05, 3.63) is 107 Å². The first-order valence-corrected chi connectivity index (χ1v) is 12.4. The Balaban J connectivity index is 1.63. The lowest BCUT2D eigenvalue weighted by Crippen LogP contribution is -2.52. The molecular formula is C29H31ClN2O2. The van der Waals surface area contributed by atoms with E-state index in [-0.39, 0.29) is 24.3 Å². The molecule has 1 saturated carbocycles. The number of carbonyl (C=O) groups is 2. The van der Waals surface area contributed by atoms with E-state index in [1.54, 1.807) is 17.0 Å². The molecular weight excluding hydrogens is 444 g/mol. The zero-order valence-electron chi connectivity index (χ0n) is 19.3. The molecule has 1 fully saturated rings. The van der Waals surface area contributed by atoms with Gasteiger partial charge in [0.1, 0.15) is 6.04 Å². The summed E-state index contributed by atoms with van der Waals surface area (Å²) in [4.78, 5) is 29.1. The number of hydrogen-bond donors (Lipinski definition) is 1. The lowest BCUT2D eigenvalue weighted by molar-refractivity contribution is -0.141. The molecule has 2 amide bonds. The molecule has 0 aromatic heterocycles. The molecule has 0 spiro atoms. The van der Waals surface area contributed by atoms with E-state index in [1.807, 2.05) is 72.8 Å². The van der Waals surface area contributed by atoms with E-state index in [9.17, 15) is 9.59 Å². The van der Waals surface area contributed by atoms with Gasteiger partial charge in [0, 0.05) is 24.0 Å². The van der Waals surface area contributed by atoms with Crippen molar-refractivity contribution in [1.82, 2.24) is 10.2 Å². The summed E-state index contributed by atoms with van der Waals surface area (Å²) in [5.74, 6) is -0.148. The van der Waals surface area contributed by atoms with E-state index in [2.05, 4.69) is 5.32 Å². The molecule has 1 aliphatic carbocycles. The average molecular weight is 475 g/mol. The maximum Gasteiger partial charge on any atom is 0.243 e. The molecule has 1 atom stereocenters. The Kier molecular flexibility index (Phi) is 8.37. The first-order chi connectivity index (χ1) is 16.6. The predicted octanol–water partition coefficient (Wildman–Crippen LogP) is 5.58. The molecule has 1 N–H and O–H groups in total. The topological polar surface area (TPSA) is 49.4 Å². The highest BCUT2D eigenvalue weighted by molar-refractivity contribution is 6.30. The molecule has 0 heterocycles. The first kappa shape index (κ1) is 24.0. The van der Waals surface area contributed by atoms with Gasteiger partial charge in [-0.2, -0.15) is 0 Å². The molecule has 0 bridgehead atoms. The van der Waals surface area contributed by atoms with Crippen molar-refractivity contribution in [1.29, 1.82) is 0 Å². The van der Waals surface area contributed by atoms with Gasteiger partial charge in [0.15, 0.2) is 0 Å². The molecule has 5 heteroatoms. The first-order valence-electron chi connectivity index (χ1n) is 12.0. The molecule has 4 nitrogen and oxygen atoms in total. The number of amides is 2. The zero-order chi connectivity index (χ0) is 23.8. The van der Waals surface area contributed by atoms with Gasteiger partial charge >= 0.3 is 0 Å². The summed E-state index contributed by atoms with van der Waals surface area (Å²) >= 11 is 6.03. The molecule has 3 aromatic carbocycles. The number of carbonyl (C=O) groups excluding carboxylic acids is 2. The second kappa shape index (κ2) is 11.8. The fourth-order valence-corrected chi connectivity index (χ4v) is 4.71. The van der Waals surface area contributed by atoms with Gasteiger partial charge in [-0.1, -0.05) is 97.2 Å². The Morgan fingerprint density at radius 2 is 1.41 bits per heavy atom. The fourth-order valence-electron chi connectivity index (χ4n) is 4.58. The van der Waals surface area contributed by atoms with Crippen LogP contribution in [-0.2, 0) is 29.0 Å². The normalized spacial score (nSPS) is 14.5. The van der Waals surface area contributed by atoms with Crippen molar-refractivity contribution in [3.63, 3.8) is 0 Å². The summed E-state index contributed by atoms with van der Waals surface area (Å²) in [7, 11) is 0. The highest BCUT2D eigenvalue weighted by atomic mass is 35.5. The lowest BCUT2D eigenvalue weighted by Gasteiger charge is -2.32. The third-order valence-corrected chi connectivity index (χ3v) is 6.69. The maximum atomic E-state index is 13.7. The Labute approximate surface area is 206 Å². The van der Waals surface area contributed by atoms with Crippen molar-refractivity contribution in [2.45, 2.75) is 57.2 Å². The lowest BCUT2D eigenvalue weighted by atomic mass is 10.0. The van der Waals surface area contributed by atoms with Gasteiger partial charge in [0.2, 0.25) is 11.8 Å². The van der Waals surface area contributed by atoms with Crippen LogP contribution in [0.3, 0.4) is 0 Å². The summed E-state index contributed by atoms with van der Waals surface area (Å²) in [6, 6.07) is 26.7. The van der Waals surface area contributed by atoms with Crippen LogP contribution in [0.4, 0.5) is 0 Å². The molecule has 4 rings (SSSR count). The van der Waals surface area contributed by atoms with E-state index < -0.39 is 6.04 Å². The van der Waals surface area contributed by atoms with Gasteiger partial charge in [-0.15, -0.1) is 0 Å². The van der Waals surface area contributed by atoms with Crippen LogP contribution in [0.15, 0.2) is 84.9 Å². The summed E-state index contributed by atoms with van der Waals surface area (Å²) in [6.07, 6.45) is 4.96. The van der Waals surface area contributed by atoms with Crippen LogP contribution in [0.1, 0.15) is 42.4 Å². The number of nitrogens with one attached hydrogen (secondary N) is 1. The van der Waals surface area contributed by atoms with Gasteiger partial charge in [-0.3, -0.25) is 9.59 Å². The maximum absolute atomic E-state index is 13.7. The standard InChI is InChI=1S/C29H31ClN2O2/c30-25-17-15-23(16-18-25)20-28(33)32(21-24-11-5-2-6-12-24)27(19-22-9-3-1-4-10-22)29(34)31-26-13-7-8-14-26/h1-6,9-12,15-18,26-27H,7-8,13-14,19-21H2,(H,31,34). The molecule has 0 radical (unpaired) electrons. The van der Waals surface area contributed by atoms with Gasteiger partial charge in [-0.05, 0) is 41.7 Å². The summed E-state index contributed by atoms with van der Waals surface area (Å²) < 4.78 is 0. The second-order valence-corrected chi connectivity index (χ2v) is 9.44. The van der Waals surface area contributed by atoms with Gasteiger partial charge in [0.25, 0.3) is 0 Å². The largest absolute Gasteiger partial charge is 0.352 e. The van der Waals surface area contributed by atoms with Crippen LogP contribution >= 0.6 is 11.6 Å². The minimum absolute atomic E-state index is 0.0730. The highest BCUT2D eigenvalue weighted by Gasteiger charge is 2.32. The number of nitrogens with zero attached hydrogens (tertiary/aromatic N) is 1. The molecule has 1 aliphatic rings. The SMILES string of the molecule is O=C(NC1CCCC1)C(Cc1ccccc1)N(Cc1ccccc1)C(=O)Cc1ccc(Cl)cc1. The molecule has 1 unspecified atom stereocenters. The number of halogens is 1. The quantitative estimate of drug-likeness (QED) is 0.440. The van der Waals surface area contributed by atoms with Crippen LogP contribution in [-0.4, -0.2) is 28.8 Å². The fraction of sp³-hybridized carbons (Fsp3) is 0.310. The minimum Gasteiger partial charge on any atom is -0.352 e. The summed E-state index contributed by atoms with van der Waals surface area (Å²) in [5, 5.41) is 3.88. The van der Waals surface area contributed by atoms with Crippen molar-refractivity contribution in [2.75, 3.05) is 0 Å². The van der Waals surface area contributed by atoms with Crippen molar-refractivity contribution >= 4 is 23.4 Å². The van der Waals surface area contributed by atoms with Crippen molar-refractivity contribution in [3.8, 4) is 0 Å². The van der Waals surface area contributed by atoms with Crippen molar-refractivity contribution in [2.24, 2.45) is 0 Å². The summed E-state index contributed by atoms with van der Waals surface area (Å²) in [6.45, 7) is 0.378. The molecule has 176 valence electrons. The van der Waals surface area contributed by atoms with E-state index in [1.165, 1.54) is 0 Å². The predicted molar refractivity (Wildman–Crippen MR) is 136 cm³/mol. The zero-order valence-corrected chi connectivity index (χ0v) is 20.1. The smallest absolute Gasteiger partial charge is 0.243 e. The monoisotopic (exact) mass is 474 g/mol. The van der Waals surface area contributed by atoms with Crippen LogP contribution in [0.2, 0.25) is 5.02 Å². The Morgan fingerprint density at radius 3 is 2.03 bits per heavy atom. The average Bonchev–Trinajstić information content (AvgIpc) is 3.37. The molecule has 0 aliphatic heterocycles. The minimum atomic E-state index is -0.594. The molecule has 34 heavy (non-hydrogen) atoms. The Morgan fingerprint density at radius 1 is 0.824 bits per heavy atom. The van der Waals surface area contributed by atoms with Crippen LogP contribution in [0.25, 0.3) is 0 Å². The highest BCUT2D eigenvalue weighted by Crippen LogP contribution is 2.21. The van der Waals surface area contributed by atoms with Gasteiger partial charge in [-0.25, -0.2) is 0 Å². The van der Waals surface area contributed by atoms with E-state index in [0.29, 0.717) is 18.0 Å². The molecule has 0 saturated heterocycles. The Hall–Kier alpha value is -3.11. The van der Waals surface area contributed by atoms with E-state index in [0.717, 1.165) is 42.4 Å². The van der Waals surface area contributed by atoms with Gasteiger partial charge in [0.05, 0.1) is 6.42 Å². The summed E-state index contributed by atoms with van der Waals surface area (Å²) in [5.41, 5.74) is 2.91. The van der Waals surface area contributed by atoms with E-state index in [4.69, 9.17) is 11.6 Å². The van der Waals surface area contributed by atoms with E-state index >= 15 is 0 Å². The Bertz CT molecular complexity index is 1060. The molecule has 3 aromatic rings. The van der Waals surface area contributed by atoms with Crippen LogP contribution < -0.4 is 5.32 Å². The number of rotatable bonds is 9.